The zero-order valence-electron chi connectivity index (χ0n) is 11.9. The van der Waals surface area contributed by atoms with Gasteiger partial charge < -0.3 is 15.8 Å². The van der Waals surface area contributed by atoms with E-state index in [4.69, 9.17) is 10.5 Å². The van der Waals surface area contributed by atoms with Crippen LogP contribution in [0.1, 0.15) is 12.5 Å². The topological polar surface area (TPSA) is 64.3 Å². The van der Waals surface area contributed by atoms with Crippen molar-refractivity contribution >= 4 is 23.4 Å². The second-order valence-corrected chi connectivity index (χ2v) is 4.45. The lowest BCUT2D eigenvalue weighted by molar-refractivity contribution is -0.111. The van der Waals surface area contributed by atoms with E-state index in [-0.39, 0.29) is 5.91 Å². The summed E-state index contributed by atoms with van der Waals surface area (Å²) in [5.74, 6) is 0.601. The molecule has 2 aromatic carbocycles. The van der Waals surface area contributed by atoms with Crippen LogP contribution in [0.25, 0.3) is 6.08 Å². The highest BCUT2D eigenvalue weighted by molar-refractivity contribution is 6.01. The first-order valence-electron chi connectivity index (χ1n) is 6.75. The normalized spacial score (nSPS) is 10.5. The molecule has 1 amide bonds. The summed E-state index contributed by atoms with van der Waals surface area (Å²) in [6, 6.07) is 14.6. The first kappa shape index (κ1) is 14.7. The highest BCUT2D eigenvalue weighted by atomic mass is 16.5. The van der Waals surface area contributed by atoms with E-state index in [1.807, 2.05) is 31.2 Å². The van der Waals surface area contributed by atoms with Gasteiger partial charge in [-0.15, -0.1) is 0 Å². The maximum atomic E-state index is 11.8. The van der Waals surface area contributed by atoms with Gasteiger partial charge in [-0.05, 0) is 55.0 Å². The molecular formula is C17H18N2O2. The van der Waals surface area contributed by atoms with Gasteiger partial charge in [-0.1, -0.05) is 12.1 Å². The first-order chi connectivity index (χ1) is 10.2. The lowest BCUT2D eigenvalue weighted by Gasteiger charge is -2.05. The molecule has 108 valence electrons. The number of anilines is 2. The third-order valence-electron chi connectivity index (χ3n) is 2.80. The molecule has 0 aliphatic heterocycles. The molecule has 4 nitrogen and oxygen atoms in total. The fourth-order valence-electron chi connectivity index (χ4n) is 1.76. The molecule has 0 spiro atoms. The van der Waals surface area contributed by atoms with Gasteiger partial charge in [-0.3, -0.25) is 4.79 Å². The summed E-state index contributed by atoms with van der Waals surface area (Å²) in [5.41, 5.74) is 7.95. The number of carbonyl (C=O) groups excluding carboxylic acids is 1. The summed E-state index contributed by atoms with van der Waals surface area (Å²) < 4.78 is 5.34. The number of hydrogen-bond acceptors (Lipinski definition) is 3. The van der Waals surface area contributed by atoms with E-state index in [0.717, 1.165) is 17.0 Å². The SMILES string of the molecule is CCOc1ccc(NC(=O)/C=C/c2ccc(N)cc2)cc1. The number of benzene rings is 2. The molecule has 0 unspecified atom stereocenters. The Kier molecular flexibility index (Phi) is 4.99. The molecule has 0 heterocycles. The molecule has 21 heavy (non-hydrogen) atoms. The van der Waals surface area contributed by atoms with Crippen molar-refractivity contribution in [1.82, 2.24) is 0 Å². The third-order valence-corrected chi connectivity index (χ3v) is 2.80. The quantitative estimate of drug-likeness (QED) is 0.653. The Morgan fingerprint density at radius 1 is 1.14 bits per heavy atom. The Labute approximate surface area is 124 Å². The molecule has 0 aliphatic carbocycles. The number of amides is 1. The largest absolute Gasteiger partial charge is 0.494 e. The van der Waals surface area contributed by atoms with Crippen LogP contribution in [0.15, 0.2) is 54.6 Å². The molecule has 2 rings (SSSR count). The molecule has 0 saturated heterocycles. The highest BCUT2D eigenvalue weighted by Gasteiger charge is 1.98. The van der Waals surface area contributed by atoms with Crippen molar-refractivity contribution < 1.29 is 9.53 Å². The van der Waals surface area contributed by atoms with E-state index in [0.29, 0.717) is 12.3 Å². The summed E-state index contributed by atoms with van der Waals surface area (Å²) in [5, 5.41) is 2.79. The number of nitrogens with one attached hydrogen (secondary N) is 1. The molecule has 0 aromatic heterocycles. The van der Waals surface area contributed by atoms with Gasteiger partial charge >= 0.3 is 0 Å². The van der Waals surface area contributed by atoms with Crippen LogP contribution in [0.5, 0.6) is 5.75 Å². The summed E-state index contributed by atoms with van der Waals surface area (Å²) in [7, 11) is 0. The minimum Gasteiger partial charge on any atom is -0.494 e. The van der Waals surface area contributed by atoms with Crippen LogP contribution in [-0.2, 0) is 4.79 Å². The summed E-state index contributed by atoms with van der Waals surface area (Å²) in [6.07, 6.45) is 3.23. The number of nitrogens with two attached hydrogens (primary N) is 1. The van der Waals surface area contributed by atoms with Crippen LogP contribution < -0.4 is 15.8 Å². The minimum atomic E-state index is -0.184. The van der Waals surface area contributed by atoms with Gasteiger partial charge in [0.05, 0.1) is 6.61 Å². The van der Waals surface area contributed by atoms with Gasteiger partial charge in [0.25, 0.3) is 0 Å². The van der Waals surface area contributed by atoms with Crippen molar-refractivity contribution in [2.45, 2.75) is 6.92 Å². The van der Waals surface area contributed by atoms with Gasteiger partial charge in [0.2, 0.25) is 5.91 Å². The average Bonchev–Trinajstić information content (AvgIpc) is 2.49. The number of rotatable bonds is 5. The second-order valence-electron chi connectivity index (χ2n) is 4.45. The predicted octanol–water partition coefficient (Wildman–Crippen LogP) is 3.32. The van der Waals surface area contributed by atoms with Gasteiger partial charge in [-0.25, -0.2) is 0 Å². The van der Waals surface area contributed by atoms with Crippen LogP contribution in [-0.4, -0.2) is 12.5 Å². The molecule has 0 radical (unpaired) electrons. The molecule has 0 aliphatic rings. The minimum absolute atomic E-state index is 0.184. The van der Waals surface area contributed by atoms with Crippen LogP contribution in [0.3, 0.4) is 0 Å². The maximum absolute atomic E-state index is 11.8. The van der Waals surface area contributed by atoms with E-state index in [1.54, 1.807) is 30.3 Å². The lowest BCUT2D eigenvalue weighted by Crippen LogP contribution is -2.07. The van der Waals surface area contributed by atoms with E-state index in [2.05, 4.69) is 5.32 Å². The Balaban J connectivity index is 1.93. The number of carbonyl (C=O) groups is 1. The summed E-state index contributed by atoms with van der Waals surface area (Å²) in [6.45, 7) is 2.55. The Bertz CT molecular complexity index is 616. The van der Waals surface area contributed by atoms with Crippen molar-refractivity contribution in [1.29, 1.82) is 0 Å². The van der Waals surface area contributed by atoms with E-state index in [9.17, 15) is 4.79 Å². The van der Waals surface area contributed by atoms with Crippen molar-refractivity contribution in [3.63, 3.8) is 0 Å². The lowest BCUT2D eigenvalue weighted by atomic mass is 10.2. The van der Waals surface area contributed by atoms with E-state index < -0.39 is 0 Å². The van der Waals surface area contributed by atoms with Crippen molar-refractivity contribution in [3.8, 4) is 5.75 Å². The van der Waals surface area contributed by atoms with Crippen LogP contribution in [0.4, 0.5) is 11.4 Å². The van der Waals surface area contributed by atoms with Crippen LogP contribution >= 0.6 is 0 Å². The molecule has 0 fully saturated rings. The Morgan fingerprint density at radius 2 is 1.81 bits per heavy atom. The molecular weight excluding hydrogens is 264 g/mol. The van der Waals surface area contributed by atoms with Crippen LogP contribution in [0, 0.1) is 0 Å². The van der Waals surface area contributed by atoms with Crippen LogP contribution in [0.2, 0.25) is 0 Å². The second kappa shape index (κ2) is 7.14. The zero-order chi connectivity index (χ0) is 15.1. The number of ether oxygens (including phenoxy) is 1. The Morgan fingerprint density at radius 3 is 2.43 bits per heavy atom. The zero-order valence-corrected chi connectivity index (χ0v) is 11.9. The monoisotopic (exact) mass is 282 g/mol. The fourth-order valence-corrected chi connectivity index (χ4v) is 1.76. The molecule has 0 saturated carbocycles. The van der Waals surface area contributed by atoms with Crippen molar-refractivity contribution in [3.05, 3.63) is 60.2 Å². The van der Waals surface area contributed by atoms with Gasteiger partial charge in [0.15, 0.2) is 0 Å². The molecule has 3 N–H and O–H groups in total. The molecule has 0 atom stereocenters. The predicted molar refractivity (Wildman–Crippen MR) is 86.1 cm³/mol. The van der Waals surface area contributed by atoms with Crippen molar-refractivity contribution in [2.24, 2.45) is 0 Å². The van der Waals surface area contributed by atoms with E-state index in [1.165, 1.54) is 6.08 Å². The summed E-state index contributed by atoms with van der Waals surface area (Å²) >= 11 is 0. The summed E-state index contributed by atoms with van der Waals surface area (Å²) in [4.78, 5) is 11.8. The number of nitrogen functional groups attached to an aromatic ring is 1. The average molecular weight is 282 g/mol. The standard InChI is InChI=1S/C17H18N2O2/c1-2-21-16-10-8-15(9-11-16)19-17(20)12-5-13-3-6-14(18)7-4-13/h3-12H,2,18H2,1H3,(H,19,20)/b12-5+. The van der Waals surface area contributed by atoms with Crippen molar-refractivity contribution in [2.75, 3.05) is 17.7 Å². The molecule has 4 heteroatoms. The Hall–Kier alpha value is -2.75. The van der Waals surface area contributed by atoms with E-state index >= 15 is 0 Å². The maximum Gasteiger partial charge on any atom is 0.248 e. The fraction of sp³-hybridized carbons (Fsp3) is 0.118. The molecule has 0 bridgehead atoms. The third kappa shape index (κ3) is 4.69. The smallest absolute Gasteiger partial charge is 0.248 e. The molecule has 2 aromatic rings. The highest BCUT2D eigenvalue weighted by Crippen LogP contribution is 2.15. The van der Waals surface area contributed by atoms with Gasteiger partial charge in [0.1, 0.15) is 5.75 Å². The first-order valence-corrected chi connectivity index (χ1v) is 6.75. The number of hydrogen-bond donors (Lipinski definition) is 2. The van der Waals surface area contributed by atoms with Gasteiger partial charge in [-0.2, -0.15) is 0 Å². The van der Waals surface area contributed by atoms with Gasteiger partial charge in [0, 0.05) is 17.5 Å².